The van der Waals surface area contributed by atoms with Crippen LogP contribution in [0.4, 0.5) is 10.2 Å². The van der Waals surface area contributed by atoms with Gasteiger partial charge >= 0.3 is 0 Å². The van der Waals surface area contributed by atoms with E-state index in [0.717, 1.165) is 11.1 Å². The van der Waals surface area contributed by atoms with Gasteiger partial charge in [0.1, 0.15) is 11.6 Å². The predicted molar refractivity (Wildman–Crippen MR) is 72.0 cm³/mol. The molecular formula is C12H9Cl2FN2O2. The van der Waals surface area contributed by atoms with E-state index in [1.807, 2.05) is 0 Å². The molecule has 1 aliphatic heterocycles. The van der Waals surface area contributed by atoms with Crippen LogP contribution < -0.4 is 5.73 Å². The third kappa shape index (κ3) is 2.14. The number of carbonyl (C=O) groups is 1. The summed E-state index contributed by atoms with van der Waals surface area (Å²) in [6.45, 7) is 0.756. The van der Waals surface area contributed by atoms with Crippen LogP contribution in [-0.4, -0.2) is 10.2 Å². The summed E-state index contributed by atoms with van der Waals surface area (Å²) in [5, 5.41) is -0.180. The Balaban J connectivity index is 0.00000133. The van der Waals surface area contributed by atoms with Crippen LogP contribution >= 0.6 is 24.0 Å². The number of nitrogens with two attached hydrogens (primary N) is 1. The zero-order valence-corrected chi connectivity index (χ0v) is 11.1. The molecule has 0 amide bonds. The van der Waals surface area contributed by atoms with Crippen molar-refractivity contribution >= 4 is 46.0 Å². The molecule has 2 N–H and O–H groups in total. The highest BCUT2D eigenvalue weighted by atomic mass is 35.5. The van der Waals surface area contributed by atoms with E-state index in [9.17, 15) is 9.18 Å². The molecule has 0 aliphatic carbocycles. The lowest BCUT2D eigenvalue weighted by molar-refractivity contribution is 0.107. The summed E-state index contributed by atoms with van der Waals surface area (Å²) in [7, 11) is 0. The molecule has 4 nitrogen and oxygen atoms in total. The average molecular weight is 303 g/mol. The summed E-state index contributed by atoms with van der Waals surface area (Å²) in [6.07, 6.45) is 0. The van der Waals surface area contributed by atoms with Crippen LogP contribution in [0.3, 0.4) is 0 Å². The van der Waals surface area contributed by atoms with Crippen LogP contribution in [0, 0.1) is 5.82 Å². The summed E-state index contributed by atoms with van der Waals surface area (Å²) in [5.74, 6) is -0.368. The van der Waals surface area contributed by atoms with Crippen molar-refractivity contribution in [1.29, 1.82) is 0 Å². The highest BCUT2D eigenvalue weighted by molar-refractivity contribution is 6.67. The Kier molecular flexibility index (Phi) is 3.62. The van der Waals surface area contributed by atoms with Gasteiger partial charge in [-0.3, -0.25) is 4.79 Å². The summed E-state index contributed by atoms with van der Waals surface area (Å²) in [4.78, 5) is 15.2. The number of pyridine rings is 1. The third-order valence-electron chi connectivity index (χ3n) is 3.03. The normalized spacial score (nSPS) is 13.2. The smallest absolute Gasteiger partial charge is 0.255 e. The molecule has 0 radical (unpaired) electrons. The second kappa shape index (κ2) is 4.92. The molecule has 1 aliphatic rings. The predicted octanol–water partition coefficient (Wildman–Crippen LogP) is 2.79. The molecule has 1 aromatic carbocycles. The van der Waals surface area contributed by atoms with Crippen LogP contribution in [0.5, 0.6) is 0 Å². The van der Waals surface area contributed by atoms with E-state index >= 15 is 0 Å². The molecule has 0 unspecified atom stereocenters. The van der Waals surface area contributed by atoms with E-state index in [1.54, 1.807) is 0 Å². The minimum Gasteiger partial charge on any atom is -0.383 e. The molecule has 0 spiro atoms. The molecule has 2 heterocycles. The second-order valence-electron chi connectivity index (χ2n) is 4.07. The molecule has 19 heavy (non-hydrogen) atoms. The van der Waals surface area contributed by atoms with Crippen molar-refractivity contribution in [2.24, 2.45) is 0 Å². The topological polar surface area (TPSA) is 65.2 Å². The van der Waals surface area contributed by atoms with E-state index in [2.05, 4.69) is 4.98 Å². The lowest BCUT2D eigenvalue weighted by Gasteiger charge is -2.08. The van der Waals surface area contributed by atoms with Crippen molar-refractivity contribution < 1.29 is 13.9 Å². The quantitative estimate of drug-likeness (QED) is 0.823. The number of hydrogen-bond acceptors (Lipinski definition) is 4. The van der Waals surface area contributed by atoms with Gasteiger partial charge in [0.2, 0.25) is 0 Å². The molecule has 1 aromatic heterocycles. The maximum Gasteiger partial charge on any atom is 0.255 e. The maximum atomic E-state index is 13.6. The molecule has 0 saturated carbocycles. The zero-order chi connectivity index (χ0) is 12.9. The van der Waals surface area contributed by atoms with Gasteiger partial charge in [0.25, 0.3) is 5.24 Å². The van der Waals surface area contributed by atoms with Crippen LogP contribution in [0.2, 0.25) is 0 Å². The first-order valence-corrected chi connectivity index (χ1v) is 5.64. The molecule has 7 heteroatoms. The summed E-state index contributed by atoms with van der Waals surface area (Å²) >= 11 is 5.34. The Bertz CT molecular complexity index is 691. The zero-order valence-electron chi connectivity index (χ0n) is 9.57. The lowest BCUT2D eigenvalue weighted by atomic mass is 10.0. The van der Waals surface area contributed by atoms with Crippen molar-refractivity contribution in [3.63, 3.8) is 0 Å². The number of nitrogen functional groups attached to an aromatic ring is 1. The minimum atomic E-state index is -0.834. The number of carbonyl (C=O) groups excluding carboxylic acids is 1. The van der Waals surface area contributed by atoms with Gasteiger partial charge in [0.15, 0.2) is 0 Å². The van der Waals surface area contributed by atoms with Gasteiger partial charge in [-0.15, -0.1) is 12.4 Å². The molecule has 3 rings (SSSR count). The third-order valence-corrected chi connectivity index (χ3v) is 3.23. The van der Waals surface area contributed by atoms with Crippen molar-refractivity contribution in [2.45, 2.75) is 13.2 Å². The fourth-order valence-electron chi connectivity index (χ4n) is 2.14. The first-order chi connectivity index (χ1) is 8.58. The fraction of sp³-hybridized carbons (Fsp3) is 0.167. The molecule has 100 valence electrons. The number of fused-ring (bicyclic) bond motifs is 3. The van der Waals surface area contributed by atoms with Gasteiger partial charge in [-0.05, 0) is 23.2 Å². The maximum absolute atomic E-state index is 13.6. The lowest BCUT2D eigenvalue weighted by Crippen LogP contribution is -2.01. The second-order valence-corrected chi connectivity index (χ2v) is 4.41. The van der Waals surface area contributed by atoms with Crippen LogP contribution in [0.1, 0.15) is 21.5 Å². The van der Waals surface area contributed by atoms with Gasteiger partial charge in [-0.1, -0.05) is 0 Å². The minimum absolute atomic E-state index is 0. The standard InChI is InChI=1S/C12H8ClFN2O2.ClH/c13-11(17)6-1-5-7-3-18-4-8(7)12(15)16-10(5)2-9(6)14;/h1-2H,3-4H2,(H2,15,16);1H. The van der Waals surface area contributed by atoms with Crippen LogP contribution in [-0.2, 0) is 18.0 Å². The number of benzene rings is 1. The SMILES string of the molecule is Cl.Nc1nc2cc(F)c(C(=O)Cl)cc2c2c1COC2. The van der Waals surface area contributed by atoms with Gasteiger partial charge in [0, 0.05) is 17.0 Å². The summed E-state index contributed by atoms with van der Waals surface area (Å²) in [6, 6.07) is 2.57. The van der Waals surface area contributed by atoms with Crippen molar-refractivity contribution in [3.05, 3.63) is 34.6 Å². The Morgan fingerprint density at radius 2 is 2.05 bits per heavy atom. The van der Waals surface area contributed by atoms with E-state index in [1.165, 1.54) is 12.1 Å². The molecule has 0 bridgehead atoms. The van der Waals surface area contributed by atoms with Crippen molar-refractivity contribution in [3.8, 4) is 0 Å². The van der Waals surface area contributed by atoms with Crippen molar-refractivity contribution in [1.82, 2.24) is 4.98 Å². The molecule has 0 fully saturated rings. The molecule has 0 atom stereocenters. The highest BCUT2D eigenvalue weighted by Crippen LogP contribution is 2.32. The first-order valence-electron chi connectivity index (χ1n) is 5.26. The van der Waals surface area contributed by atoms with Crippen molar-refractivity contribution in [2.75, 3.05) is 5.73 Å². The van der Waals surface area contributed by atoms with E-state index in [-0.39, 0.29) is 18.0 Å². The van der Waals surface area contributed by atoms with E-state index in [4.69, 9.17) is 22.1 Å². The Labute approximate surface area is 119 Å². The fourth-order valence-corrected chi connectivity index (χ4v) is 2.29. The van der Waals surface area contributed by atoms with E-state index in [0.29, 0.717) is 29.9 Å². The monoisotopic (exact) mass is 302 g/mol. The van der Waals surface area contributed by atoms with Gasteiger partial charge in [-0.25, -0.2) is 9.37 Å². The number of ether oxygens (including phenoxy) is 1. The van der Waals surface area contributed by atoms with Crippen LogP contribution in [0.25, 0.3) is 10.9 Å². The van der Waals surface area contributed by atoms with Gasteiger partial charge in [-0.2, -0.15) is 0 Å². The number of rotatable bonds is 1. The summed E-state index contributed by atoms with van der Waals surface area (Å²) < 4.78 is 18.9. The Morgan fingerprint density at radius 1 is 1.37 bits per heavy atom. The number of hydrogen-bond donors (Lipinski definition) is 1. The number of halogens is 3. The Morgan fingerprint density at radius 3 is 2.74 bits per heavy atom. The Hall–Kier alpha value is -1.43. The van der Waals surface area contributed by atoms with E-state index < -0.39 is 11.1 Å². The average Bonchev–Trinajstić information content (AvgIpc) is 2.77. The highest BCUT2D eigenvalue weighted by Gasteiger charge is 2.21. The van der Waals surface area contributed by atoms with Gasteiger partial charge < -0.3 is 10.5 Å². The van der Waals surface area contributed by atoms with Gasteiger partial charge in [0.05, 0.1) is 24.3 Å². The largest absolute Gasteiger partial charge is 0.383 e. The first kappa shape index (κ1) is 14.0. The molecule has 2 aromatic rings. The van der Waals surface area contributed by atoms with Crippen LogP contribution in [0.15, 0.2) is 12.1 Å². The molecule has 0 saturated heterocycles. The summed E-state index contributed by atoms with van der Waals surface area (Å²) in [5.41, 5.74) is 7.65. The number of anilines is 1. The molecular weight excluding hydrogens is 294 g/mol. The number of aromatic nitrogens is 1. The number of nitrogens with zero attached hydrogens (tertiary/aromatic N) is 1.